The van der Waals surface area contributed by atoms with Crippen molar-refractivity contribution in [1.82, 2.24) is 5.32 Å². The molecule has 2 aliphatic rings. The molecule has 0 saturated carbocycles. The molecule has 4 rings (SSSR count). The number of carbonyl (C=O) groups excluding carboxylic acids is 1. The minimum atomic E-state index is -0.643. The highest BCUT2D eigenvalue weighted by Gasteiger charge is 2.57. The molecule has 1 atom stereocenters. The van der Waals surface area contributed by atoms with Gasteiger partial charge in [0.2, 0.25) is 5.91 Å². The van der Waals surface area contributed by atoms with Gasteiger partial charge in [-0.2, -0.15) is 5.10 Å². The van der Waals surface area contributed by atoms with Crippen LogP contribution < -0.4 is 10.3 Å². The molecule has 2 aromatic rings. The summed E-state index contributed by atoms with van der Waals surface area (Å²) in [5, 5.41) is 9.94. The first-order valence-corrected chi connectivity index (χ1v) is 8.31. The number of para-hydroxylation sites is 1. The van der Waals surface area contributed by atoms with E-state index in [1.54, 1.807) is 0 Å². The molecule has 0 bridgehead atoms. The molecule has 1 saturated heterocycles. The van der Waals surface area contributed by atoms with Gasteiger partial charge >= 0.3 is 0 Å². The third-order valence-electron chi connectivity index (χ3n) is 4.80. The second-order valence-corrected chi connectivity index (χ2v) is 7.28. The van der Waals surface area contributed by atoms with Gasteiger partial charge in [0.05, 0.1) is 11.4 Å². The minimum Gasteiger partial charge on any atom is -0.349 e. The largest absolute Gasteiger partial charge is 0.349 e. The van der Waals surface area contributed by atoms with E-state index in [-0.39, 0.29) is 11.4 Å². The Morgan fingerprint density at radius 1 is 1.00 bits per heavy atom. The lowest BCUT2D eigenvalue weighted by atomic mass is 9.84. The highest BCUT2D eigenvalue weighted by atomic mass is 16.2. The lowest BCUT2D eigenvalue weighted by Gasteiger charge is -2.32. The van der Waals surface area contributed by atoms with Crippen LogP contribution in [-0.4, -0.2) is 22.7 Å². The Labute approximate surface area is 142 Å². The van der Waals surface area contributed by atoms with Crippen LogP contribution in [-0.2, 0) is 4.79 Å². The first-order chi connectivity index (χ1) is 11.5. The summed E-state index contributed by atoms with van der Waals surface area (Å²) in [6.07, 6.45) is 1.36. The van der Waals surface area contributed by atoms with Gasteiger partial charge in [-0.1, -0.05) is 48.5 Å². The topological polar surface area (TPSA) is 44.7 Å². The van der Waals surface area contributed by atoms with Crippen LogP contribution in [0.25, 0.3) is 0 Å². The molecule has 1 amide bonds. The summed E-state index contributed by atoms with van der Waals surface area (Å²) in [5.74, 6) is 0.0611. The van der Waals surface area contributed by atoms with E-state index >= 15 is 0 Å². The Bertz CT molecular complexity index is 798. The normalized spacial score (nSPS) is 25.0. The number of nitrogens with zero attached hydrogens (tertiary/aromatic N) is 2. The SMILES string of the molecule is CC1(C)CC2(CC(c3ccccc3)=NN2c2ccccc2)C(=O)N1. The number of hydrogen-bond donors (Lipinski definition) is 1. The molecule has 0 radical (unpaired) electrons. The van der Waals surface area contributed by atoms with Crippen LogP contribution in [0.1, 0.15) is 32.3 Å². The Balaban J connectivity index is 1.81. The summed E-state index contributed by atoms with van der Waals surface area (Å²) < 4.78 is 0. The molecule has 1 N–H and O–H groups in total. The second kappa shape index (κ2) is 5.20. The first-order valence-electron chi connectivity index (χ1n) is 8.31. The highest BCUT2D eigenvalue weighted by Crippen LogP contribution is 2.43. The van der Waals surface area contributed by atoms with Crippen molar-refractivity contribution in [3.05, 3.63) is 66.2 Å². The molecule has 1 unspecified atom stereocenters. The molecule has 1 fully saturated rings. The van der Waals surface area contributed by atoms with Crippen LogP contribution >= 0.6 is 0 Å². The molecule has 4 nitrogen and oxygen atoms in total. The molecule has 0 aliphatic carbocycles. The second-order valence-electron chi connectivity index (χ2n) is 7.28. The zero-order chi connectivity index (χ0) is 16.8. The number of rotatable bonds is 2. The van der Waals surface area contributed by atoms with E-state index in [0.717, 1.165) is 23.4 Å². The standard InChI is InChI=1S/C20H21N3O/c1-19(2)14-20(18(24)21-19)13-17(15-9-5-3-6-10-15)22-23(20)16-11-7-4-8-12-16/h3-12H,13-14H2,1-2H3,(H,21,24). The van der Waals surface area contributed by atoms with E-state index in [0.29, 0.717) is 6.42 Å². The Kier molecular flexibility index (Phi) is 3.23. The summed E-state index contributed by atoms with van der Waals surface area (Å²) in [5.41, 5.74) is 2.12. The quantitative estimate of drug-likeness (QED) is 0.923. The summed E-state index contributed by atoms with van der Waals surface area (Å²) in [4.78, 5) is 12.9. The monoisotopic (exact) mass is 319 g/mol. The van der Waals surface area contributed by atoms with Gasteiger partial charge < -0.3 is 5.32 Å². The molecule has 24 heavy (non-hydrogen) atoms. The maximum Gasteiger partial charge on any atom is 0.248 e. The van der Waals surface area contributed by atoms with Gasteiger partial charge in [-0.15, -0.1) is 0 Å². The van der Waals surface area contributed by atoms with Gasteiger partial charge in [0.15, 0.2) is 0 Å². The molecule has 1 spiro atoms. The molecule has 122 valence electrons. The number of carbonyl (C=O) groups is 1. The van der Waals surface area contributed by atoms with Gasteiger partial charge in [0, 0.05) is 18.4 Å². The molecule has 0 aromatic heterocycles. The summed E-state index contributed by atoms with van der Waals surface area (Å²) in [7, 11) is 0. The van der Waals surface area contributed by atoms with Gasteiger partial charge in [0.25, 0.3) is 0 Å². The number of amides is 1. The van der Waals surface area contributed by atoms with Crippen LogP contribution in [0.3, 0.4) is 0 Å². The van der Waals surface area contributed by atoms with Crippen molar-refractivity contribution in [1.29, 1.82) is 0 Å². The van der Waals surface area contributed by atoms with E-state index in [1.165, 1.54) is 0 Å². The molecular formula is C20H21N3O. The number of nitrogens with one attached hydrogen (secondary N) is 1. The van der Waals surface area contributed by atoms with Crippen LogP contribution in [0.5, 0.6) is 0 Å². The Morgan fingerprint density at radius 3 is 2.21 bits per heavy atom. The van der Waals surface area contributed by atoms with Crippen molar-refractivity contribution in [2.45, 2.75) is 37.8 Å². The van der Waals surface area contributed by atoms with E-state index in [9.17, 15) is 4.79 Å². The van der Waals surface area contributed by atoms with E-state index in [4.69, 9.17) is 5.10 Å². The molecule has 2 heterocycles. The maximum absolute atomic E-state index is 12.9. The highest BCUT2D eigenvalue weighted by molar-refractivity contribution is 6.09. The van der Waals surface area contributed by atoms with Gasteiger partial charge in [-0.3, -0.25) is 4.79 Å². The summed E-state index contributed by atoms with van der Waals surface area (Å²) in [6.45, 7) is 4.15. The zero-order valence-electron chi connectivity index (χ0n) is 14.0. The zero-order valence-corrected chi connectivity index (χ0v) is 14.0. The lowest BCUT2D eigenvalue weighted by Crippen LogP contribution is -2.49. The van der Waals surface area contributed by atoms with Crippen molar-refractivity contribution in [3.63, 3.8) is 0 Å². The number of hydrogen-bond acceptors (Lipinski definition) is 3. The van der Waals surface area contributed by atoms with Crippen molar-refractivity contribution >= 4 is 17.3 Å². The van der Waals surface area contributed by atoms with E-state index < -0.39 is 5.54 Å². The Hall–Kier alpha value is -2.62. The van der Waals surface area contributed by atoms with Crippen LogP contribution in [0.15, 0.2) is 65.8 Å². The summed E-state index contributed by atoms with van der Waals surface area (Å²) >= 11 is 0. The van der Waals surface area contributed by atoms with Crippen molar-refractivity contribution in [3.8, 4) is 0 Å². The molecular weight excluding hydrogens is 298 g/mol. The fraction of sp³-hybridized carbons (Fsp3) is 0.300. The predicted octanol–water partition coefficient (Wildman–Crippen LogP) is 3.34. The molecule has 4 heteroatoms. The molecule has 2 aliphatic heterocycles. The summed E-state index contributed by atoms with van der Waals surface area (Å²) in [6, 6.07) is 20.1. The Morgan fingerprint density at radius 2 is 1.62 bits per heavy atom. The average Bonchev–Trinajstić information content (AvgIpc) is 3.06. The number of hydrazone groups is 1. The van der Waals surface area contributed by atoms with Gasteiger partial charge in [-0.05, 0) is 31.5 Å². The fourth-order valence-electron chi connectivity index (χ4n) is 3.86. The maximum atomic E-state index is 12.9. The third-order valence-corrected chi connectivity index (χ3v) is 4.80. The van der Waals surface area contributed by atoms with Crippen molar-refractivity contribution in [2.24, 2.45) is 5.10 Å². The van der Waals surface area contributed by atoms with E-state index in [1.807, 2.05) is 53.5 Å². The smallest absolute Gasteiger partial charge is 0.248 e. The van der Waals surface area contributed by atoms with Crippen LogP contribution in [0.4, 0.5) is 5.69 Å². The predicted molar refractivity (Wildman–Crippen MR) is 96.1 cm³/mol. The van der Waals surface area contributed by atoms with Gasteiger partial charge in [-0.25, -0.2) is 5.01 Å². The van der Waals surface area contributed by atoms with Gasteiger partial charge in [0.1, 0.15) is 5.54 Å². The lowest BCUT2D eigenvalue weighted by molar-refractivity contribution is -0.123. The van der Waals surface area contributed by atoms with Crippen molar-refractivity contribution in [2.75, 3.05) is 5.01 Å². The number of benzene rings is 2. The fourth-order valence-corrected chi connectivity index (χ4v) is 3.86. The third kappa shape index (κ3) is 2.30. The van der Waals surface area contributed by atoms with Crippen LogP contribution in [0, 0.1) is 0 Å². The van der Waals surface area contributed by atoms with Crippen molar-refractivity contribution < 1.29 is 4.79 Å². The average molecular weight is 319 g/mol. The molecule has 2 aromatic carbocycles. The van der Waals surface area contributed by atoms with Crippen LogP contribution in [0.2, 0.25) is 0 Å². The first kappa shape index (κ1) is 14.9. The minimum absolute atomic E-state index is 0.0611. The number of anilines is 1. The van der Waals surface area contributed by atoms with E-state index in [2.05, 4.69) is 31.3 Å².